The minimum atomic E-state index is 0. The number of nitrogens with one attached hydrogen (secondary N) is 2. The molecule has 0 aliphatic carbocycles. The van der Waals surface area contributed by atoms with Crippen molar-refractivity contribution < 1.29 is 18.7 Å². The molecule has 1 aromatic carbocycles. The minimum absolute atomic E-state index is 0. The second-order valence-corrected chi connectivity index (χ2v) is 7.41. The van der Waals surface area contributed by atoms with Crippen molar-refractivity contribution >= 4 is 29.9 Å². The Morgan fingerprint density at radius 2 is 1.94 bits per heavy atom. The summed E-state index contributed by atoms with van der Waals surface area (Å²) in [6.45, 7) is 9.01. The lowest BCUT2D eigenvalue weighted by molar-refractivity contribution is 0.0179. The lowest BCUT2D eigenvalue weighted by atomic mass is 10.0. The zero-order chi connectivity index (χ0) is 22.8. The first-order valence-electron chi connectivity index (χ1n) is 11.0. The average Bonchev–Trinajstić information content (AvgIpc) is 3.24. The topological polar surface area (TPSA) is 106 Å². The van der Waals surface area contributed by atoms with Crippen LogP contribution < -0.4 is 20.1 Å². The summed E-state index contributed by atoms with van der Waals surface area (Å²) in [6.07, 6.45) is 0.633. The molecule has 1 unspecified atom stereocenters. The highest BCUT2D eigenvalue weighted by molar-refractivity contribution is 14.0. The molecule has 1 aromatic heterocycles. The summed E-state index contributed by atoms with van der Waals surface area (Å²) in [4.78, 5) is 11.5. The number of aromatic nitrogens is 2. The summed E-state index contributed by atoms with van der Waals surface area (Å²) in [5, 5.41) is 10.5. The van der Waals surface area contributed by atoms with E-state index < -0.39 is 0 Å². The Morgan fingerprint density at radius 3 is 2.58 bits per heavy atom. The van der Waals surface area contributed by atoms with Crippen LogP contribution in [0.3, 0.4) is 0 Å². The third-order valence-electron chi connectivity index (χ3n) is 5.25. The van der Waals surface area contributed by atoms with Gasteiger partial charge in [-0.2, -0.15) is 4.98 Å². The molecule has 1 atom stereocenters. The molecule has 1 fully saturated rings. The largest absolute Gasteiger partial charge is 0.493 e. The predicted octanol–water partition coefficient (Wildman–Crippen LogP) is 2.18. The van der Waals surface area contributed by atoms with Crippen LogP contribution in [0.1, 0.15) is 30.2 Å². The smallest absolute Gasteiger partial charge is 0.228 e. The van der Waals surface area contributed by atoms with E-state index in [0.717, 1.165) is 44.4 Å². The Labute approximate surface area is 212 Å². The van der Waals surface area contributed by atoms with Gasteiger partial charge in [0.2, 0.25) is 5.89 Å². The van der Waals surface area contributed by atoms with Gasteiger partial charge < -0.3 is 29.4 Å². The fraction of sp³-hybridized carbons (Fsp3) is 0.591. The normalized spacial score (nSPS) is 15.5. The zero-order valence-electron chi connectivity index (χ0n) is 19.8. The van der Waals surface area contributed by atoms with Crippen molar-refractivity contribution in [1.29, 1.82) is 0 Å². The molecule has 11 heteroatoms. The van der Waals surface area contributed by atoms with Gasteiger partial charge in [-0.05, 0) is 31.5 Å². The molecular weight excluding hydrogens is 539 g/mol. The number of morpholine rings is 1. The summed E-state index contributed by atoms with van der Waals surface area (Å²) < 4.78 is 21.7. The predicted molar refractivity (Wildman–Crippen MR) is 137 cm³/mol. The van der Waals surface area contributed by atoms with Gasteiger partial charge in [0.25, 0.3) is 0 Å². The number of halogens is 1. The highest BCUT2D eigenvalue weighted by Crippen LogP contribution is 2.32. The van der Waals surface area contributed by atoms with E-state index in [1.165, 1.54) is 0 Å². The average molecular weight is 574 g/mol. The highest BCUT2D eigenvalue weighted by atomic mass is 127. The number of aliphatic imine (C=N–C) groups is 1. The summed E-state index contributed by atoms with van der Waals surface area (Å²) in [6, 6.07) is 6.15. The van der Waals surface area contributed by atoms with Gasteiger partial charge in [-0.25, -0.2) is 0 Å². The van der Waals surface area contributed by atoms with E-state index in [4.69, 9.17) is 23.7 Å². The molecule has 1 saturated heterocycles. The molecule has 0 spiro atoms. The van der Waals surface area contributed by atoms with Crippen LogP contribution in [0.5, 0.6) is 11.5 Å². The Kier molecular flexibility index (Phi) is 11.7. The van der Waals surface area contributed by atoms with Crippen LogP contribution in [0, 0.1) is 6.92 Å². The number of nitrogens with zero attached hydrogens (tertiary/aromatic N) is 4. The molecule has 0 radical (unpaired) electrons. The molecule has 1 aliphatic rings. The van der Waals surface area contributed by atoms with Crippen molar-refractivity contribution in [2.45, 2.75) is 26.3 Å². The fourth-order valence-corrected chi connectivity index (χ4v) is 3.63. The van der Waals surface area contributed by atoms with Crippen molar-refractivity contribution in [2.24, 2.45) is 4.99 Å². The van der Waals surface area contributed by atoms with Crippen LogP contribution >= 0.6 is 24.0 Å². The third kappa shape index (κ3) is 8.00. The van der Waals surface area contributed by atoms with Crippen molar-refractivity contribution in [3.63, 3.8) is 0 Å². The molecule has 3 rings (SSSR count). The first-order chi connectivity index (χ1) is 15.6. The molecule has 33 heavy (non-hydrogen) atoms. The van der Waals surface area contributed by atoms with E-state index in [1.54, 1.807) is 14.2 Å². The monoisotopic (exact) mass is 574 g/mol. The fourth-order valence-electron chi connectivity index (χ4n) is 3.63. The van der Waals surface area contributed by atoms with Gasteiger partial charge >= 0.3 is 0 Å². The van der Waals surface area contributed by atoms with Gasteiger partial charge in [0.15, 0.2) is 23.3 Å². The molecule has 184 valence electrons. The minimum Gasteiger partial charge on any atom is -0.493 e. The standard InChI is InChI=1S/C22H34N6O4.HI/c1-5-23-22(24-9-8-21-26-16(2)27-32-21)25-15-18(28-10-12-31-13-11-28)17-6-7-19(29-3)20(14-17)30-4;/h6-7,14,18H,5,8-13,15H2,1-4H3,(H2,23,24,25);1H. The van der Waals surface area contributed by atoms with Crippen LogP contribution in [-0.2, 0) is 11.2 Å². The summed E-state index contributed by atoms with van der Waals surface area (Å²) in [7, 11) is 3.30. The summed E-state index contributed by atoms with van der Waals surface area (Å²) in [5.74, 6) is 3.44. The number of hydrogen-bond acceptors (Lipinski definition) is 8. The maximum atomic E-state index is 5.56. The zero-order valence-corrected chi connectivity index (χ0v) is 22.1. The van der Waals surface area contributed by atoms with E-state index in [-0.39, 0.29) is 30.0 Å². The molecule has 0 bridgehead atoms. The van der Waals surface area contributed by atoms with Gasteiger partial charge in [0.1, 0.15) is 0 Å². The van der Waals surface area contributed by atoms with Gasteiger partial charge in [-0.1, -0.05) is 11.2 Å². The molecule has 2 N–H and O–H groups in total. The SMILES string of the molecule is CCNC(=NCC(c1ccc(OC)c(OC)c1)N1CCOCC1)NCCc1nc(C)no1.I. The Bertz CT molecular complexity index is 872. The molecule has 0 saturated carbocycles. The number of methoxy groups -OCH3 is 2. The van der Waals surface area contributed by atoms with Crippen LogP contribution in [-0.4, -0.2) is 81.2 Å². The highest BCUT2D eigenvalue weighted by Gasteiger charge is 2.24. The number of ether oxygens (including phenoxy) is 3. The van der Waals surface area contributed by atoms with Crippen molar-refractivity contribution in [3.05, 3.63) is 35.5 Å². The van der Waals surface area contributed by atoms with Crippen molar-refractivity contribution in [3.8, 4) is 11.5 Å². The maximum absolute atomic E-state index is 5.56. The first kappa shape index (κ1) is 27.1. The number of rotatable bonds is 10. The number of benzene rings is 1. The van der Waals surface area contributed by atoms with Gasteiger partial charge in [-0.3, -0.25) is 9.89 Å². The molecule has 10 nitrogen and oxygen atoms in total. The van der Waals surface area contributed by atoms with Crippen molar-refractivity contribution in [2.75, 3.05) is 60.2 Å². The summed E-state index contributed by atoms with van der Waals surface area (Å²) in [5.41, 5.74) is 1.13. The number of hydrogen-bond donors (Lipinski definition) is 2. The van der Waals surface area contributed by atoms with Gasteiger partial charge in [0.05, 0.1) is 40.0 Å². The van der Waals surface area contributed by atoms with E-state index in [2.05, 4.69) is 31.7 Å². The van der Waals surface area contributed by atoms with E-state index in [0.29, 0.717) is 42.7 Å². The van der Waals surface area contributed by atoms with Gasteiger partial charge in [-0.15, -0.1) is 24.0 Å². The first-order valence-corrected chi connectivity index (χ1v) is 11.0. The van der Waals surface area contributed by atoms with E-state index in [9.17, 15) is 0 Å². The van der Waals surface area contributed by atoms with Crippen molar-refractivity contribution in [1.82, 2.24) is 25.7 Å². The number of aryl methyl sites for hydroxylation is 1. The van der Waals surface area contributed by atoms with E-state index in [1.807, 2.05) is 26.0 Å². The van der Waals surface area contributed by atoms with Crippen LogP contribution in [0.25, 0.3) is 0 Å². The second-order valence-electron chi connectivity index (χ2n) is 7.41. The maximum Gasteiger partial charge on any atom is 0.228 e. The lowest BCUT2D eigenvalue weighted by Gasteiger charge is -2.34. The molecular formula is C22H35IN6O4. The molecule has 2 heterocycles. The van der Waals surface area contributed by atoms with Crippen LogP contribution in [0.4, 0.5) is 0 Å². The Morgan fingerprint density at radius 1 is 1.18 bits per heavy atom. The number of guanidine groups is 1. The van der Waals surface area contributed by atoms with Crippen LogP contribution in [0.15, 0.2) is 27.7 Å². The molecule has 0 amide bonds. The second kappa shape index (κ2) is 14.2. The lowest BCUT2D eigenvalue weighted by Crippen LogP contribution is -2.42. The molecule has 2 aromatic rings. The van der Waals surface area contributed by atoms with Crippen LogP contribution in [0.2, 0.25) is 0 Å². The quantitative estimate of drug-likeness (QED) is 0.251. The Balaban J connectivity index is 0.00000385. The van der Waals surface area contributed by atoms with E-state index >= 15 is 0 Å². The Hall–Kier alpha value is -2.12. The van der Waals surface area contributed by atoms with Gasteiger partial charge in [0, 0.05) is 32.6 Å². The third-order valence-corrected chi connectivity index (χ3v) is 5.25. The summed E-state index contributed by atoms with van der Waals surface area (Å²) >= 11 is 0. The molecule has 1 aliphatic heterocycles.